The maximum atomic E-state index is 6.11. The van der Waals surface area contributed by atoms with Gasteiger partial charge in [0.1, 0.15) is 5.03 Å². The van der Waals surface area contributed by atoms with E-state index in [1.165, 1.54) is 5.56 Å². The zero-order valence-electron chi connectivity index (χ0n) is 11.1. The molecule has 2 rings (SSSR count). The highest BCUT2D eigenvalue weighted by atomic mass is 35.5. The molecule has 0 unspecified atom stereocenters. The summed E-state index contributed by atoms with van der Waals surface area (Å²) >= 11 is 7.65. The highest BCUT2D eigenvalue weighted by Crippen LogP contribution is 2.32. The van der Waals surface area contributed by atoms with Crippen LogP contribution in [0.3, 0.4) is 0 Å². The van der Waals surface area contributed by atoms with E-state index in [1.54, 1.807) is 25.0 Å². The van der Waals surface area contributed by atoms with Crippen LogP contribution in [0.15, 0.2) is 40.4 Å². The molecule has 0 bridgehead atoms. The zero-order chi connectivity index (χ0) is 13.8. The van der Waals surface area contributed by atoms with E-state index in [0.29, 0.717) is 16.9 Å². The maximum Gasteiger partial charge on any atom is 0.223 e. The summed E-state index contributed by atoms with van der Waals surface area (Å²) in [6, 6.07) is 8.47. The molecule has 5 heteroatoms. The molecule has 0 atom stereocenters. The summed E-state index contributed by atoms with van der Waals surface area (Å²) in [4.78, 5) is 9.54. The molecule has 0 saturated heterocycles. The predicted octanol–water partition coefficient (Wildman–Crippen LogP) is 4.45. The molecule has 0 aliphatic rings. The quantitative estimate of drug-likeness (QED) is 0.845. The molecule has 0 saturated carbocycles. The lowest BCUT2D eigenvalue weighted by Gasteiger charge is -2.08. The largest absolute Gasteiger partial charge is 0.357 e. The number of aromatic nitrogens is 2. The van der Waals surface area contributed by atoms with Crippen LogP contribution in [0.4, 0.5) is 5.95 Å². The summed E-state index contributed by atoms with van der Waals surface area (Å²) in [7, 11) is 1.79. The smallest absolute Gasteiger partial charge is 0.223 e. The lowest BCUT2D eigenvalue weighted by Crippen LogP contribution is -1.97. The second-order valence-electron chi connectivity index (χ2n) is 4.42. The van der Waals surface area contributed by atoms with Crippen LogP contribution in [0, 0.1) is 0 Å². The Bertz CT molecular complexity index is 555. The lowest BCUT2D eigenvalue weighted by atomic mass is 10.0. The first-order valence-corrected chi connectivity index (χ1v) is 7.27. The van der Waals surface area contributed by atoms with E-state index >= 15 is 0 Å². The van der Waals surface area contributed by atoms with Crippen LogP contribution < -0.4 is 5.32 Å². The van der Waals surface area contributed by atoms with Crippen LogP contribution in [-0.2, 0) is 0 Å². The van der Waals surface area contributed by atoms with Crippen molar-refractivity contribution in [2.75, 3.05) is 12.4 Å². The van der Waals surface area contributed by atoms with Gasteiger partial charge in [-0.15, -0.1) is 0 Å². The second kappa shape index (κ2) is 6.26. The number of nitrogens with zero attached hydrogens (tertiary/aromatic N) is 2. The minimum atomic E-state index is 0.539. The highest BCUT2D eigenvalue weighted by molar-refractivity contribution is 7.99. The number of anilines is 1. The summed E-state index contributed by atoms with van der Waals surface area (Å²) in [5.41, 5.74) is 1.33. The first kappa shape index (κ1) is 14.2. The van der Waals surface area contributed by atoms with E-state index in [1.807, 2.05) is 0 Å². The SMILES string of the molecule is CNc1ncc(Cl)c(Sc2ccc(C(C)C)cc2)n1. The van der Waals surface area contributed by atoms with Crippen LogP contribution in [0.2, 0.25) is 5.02 Å². The van der Waals surface area contributed by atoms with Crippen LogP contribution in [-0.4, -0.2) is 17.0 Å². The zero-order valence-corrected chi connectivity index (χ0v) is 12.7. The minimum Gasteiger partial charge on any atom is -0.357 e. The Hall–Kier alpha value is -1.26. The second-order valence-corrected chi connectivity index (χ2v) is 5.89. The van der Waals surface area contributed by atoms with Crippen LogP contribution >= 0.6 is 23.4 Å². The maximum absolute atomic E-state index is 6.11. The van der Waals surface area contributed by atoms with Crippen molar-refractivity contribution in [3.05, 3.63) is 41.0 Å². The molecule has 1 heterocycles. The Morgan fingerprint density at radius 3 is 2.47 bits per heavy atom. The van der Waals surface area contributed by atoms with Crippen molar-refractivity contribution >= 4 is 29.3 Å². The minimum absolute atomic E-state index is 0.539. The van der Waals surface area contributed by atoms with Gasteiger partial charge in [0, 0.05) is 11.9 Å². The molecule has 0 aliphatic carbocycles. The van der Waals surface area contributed by atoms with Crippen LogP contribution in [0.5, 0.6) is 0 Å². The monoisotopic (exact) mass is 293 g/mol. The lowest BCUT2D eigenvalue weighted by molar-refractivity contribution is 0.865. The van der Waals surface area contributed by atoms with Gasteiger partial charge in [0.05, 0.1) is 11.2 Å². The fraction of sp³-hybridized carbons (Fsp3) is 0.286. The van der Waals surface area contributed by atoms with Crippen LogP contribution in [0.25, 0.3) is 0 Å². The van der Waals surface area contributed by atoms with E-state index < -0.39 is 0 Å². The number of nitrogens with one attached hydrogen (secondary N) is 1. The van der Waals surface area contributed by atoms with Crippen molar-refractivity contribution in [2.24, 2.45) is 0 Å². The van der Waals surface area contributed by atoms with Gasteiger partial charge in [0.25, 0.3) is 0 Å². The Kier molecular flexibility index (Phi) is 4.66. The van der Waals surface area contributed by atoms with E-state index in [-0.39, 0.29) is 0 Å². The van der Waals surface area contributed by atoms with Gasteiger partial charge in [-0.3, -0.25) is 0 Å². The topological polar surface area (TPSA) is 37.8 Å². The summed E-state index contributed by atoms with van der Waals surface area (Å²) in [5, 5.41) is 4.24. The molecule has 1 aromatic carbocycles. The number of halogens is 1. The Labute approximate surface area is 122 Å². The Morgan fingerprint density at radius 1 is 1.21 bits per heavy atom. The Morgan fingerprint density at radius 2 is 1.89 bits per heavy atom. The number of benzene rings is 1. The van der Waals surface area contributed by atoms with Crippen molar-refractivity contribution in [3.8, 4) is 0 Å². The normalized spacial score (nSPS) is 10.8. The first-order valence-electron chi connectivity index (χ1n) is 6.08. The molecule has 3 nitrogen and oxygen atoms in total. The molecule has 0 radical (unpaired) electrons. The summed E-state index contributed by atoms with van der Waals surface area (Å²) in [6.45, 7) is 4.37. The molecule has 1 N–H and O–H groups in total. The van der Waals surface area contributed by atoms with Gasteiger partial charge in [0.15, 0.2) is 0 Å². The van der Waals surface area contributed by atoms with Crippen LogP contribution in [0.1, 0.15) is 25.3 Å². The van der Waals surface area contributed by atoms with Gasteiger partial charge in [-0.2, -0.15) is 0 Å². The number of hydrogen-bond acceptors (Lipinski definition) is 4. The molecule has 0 aliphatic heterocycles. The van der Waals surface area contributed by atoms with Gasteiger partial charge in [-0.1, -0.05) is 49.3 Å². The molecule has 19 heavy (non-hydrogen) atoms. The fourth-order valence-electron chi connectivity index (χ4n) is 1.58. The predicted molar refractivity (Wildman–Crippen MR) is 81.2 cm³/mol. The molecule has 0 spiro atoms. The van der Waals surface area contributed by atoms with Crippen molar-refractivity contribution < 1.29 is 0 Å². The van der Waals surface area contributed by atoms with Crippen molar-refractivity contribution in [3.63, 3.8) is 0 Å². The van der Waals surface area contributed by atoms with Gasteiger partial charge in [0.2, 0.25) is 5.95 Å². The van der Waals surface area contributed by atoms with Gasteiger partial charge >= 0.3 is 0 Å². The highest BCUT2D eigenvalue weighted by Gasteiger charge is 2.07. The summed E-state index contributed by atoms with van der Waals surface area (Å²) in [5.74, 6) is 1.11. The molecule has 100 valence electrons. The van der Waals surface area contributed by atoms with Crippen molar-refractivity contribution in [2.45, 2.75) is 29.7 Å². The molecule has 2 aromatic rings. The van der Waals surface area contributed by atoms with Gasteiger partial charge in [-0.25, -0.2) is 9.97 Å². The summed E-state index contributed by atoms with van der Waals surface area (Å²) in [6.07, 6.45) is 1.62. The third kappa shape index (κ3) is 3.61. The Balaban J connectivity index is 2.20. The van der Waals surface area contributed by atoms with E-state index in [0.717, 1.165) is 9.92 Å². The van der Waals surface area contributed by atoms with Gasteiger partial charge < -0.3 is 5.32 Å². The van der Waals surface area contributed by atoms with E-state index in [2.05, 4.69) is 53.4 Å². The molecule has 0 amide bonds. The average molecular weight is 294 g/mol. The average Bonchev–Trinajstić information content (AvgIpc) is 2.42. The molecular formula is C14H16ClN3S. The van der Waals surface area contributed by atoms with Crippen molar-refractivity contribution in [1.82, 2.24) is 9.97 Å². The van der Waals surface area contributed by atoms with Crippen molar-refractivity contribution in [1.29, 1.82) is 0 Å². The van der Waals surface area contributed by atoms with Gasteiger partial charge in [-0.05, 0) is 23.6 Å². The third-order valence-electron chi connectivity index (χ3n) is 2.70. The summed E-state index contributed by atoms with van der Waals surface area (Å²) < 4.78 is 0. The fourth-order valence-corrected chi connectivity index (χ4v) is 2.56. The van der Waals surface area contributed by atoms with E-state index in [4.69, 9.17) is 11.6 Å². The molecule has 0 fully saturated rings. The standard InChI is InChI=1S/C14H16ClN3S/c1-9(2)10-4-6-11(7-5-10)19-13-12(15)8-17-14(16-3)18-13/h4-9H,1-3H3,(H,16,17,18). The third-order valence-corrected chi connectivity index (χ3v) is 4.10. The molecular weight excluding hydrogens is 278 g/mol. The number of hydrogen-bond donors (Lipinski definition) is 1. The first-order chi connectivity index (χ1) is 9.10. The molecule has 1 aromatic heterocycles. The van der Waals surface area contributed by atoms with E-state index in [9.17, 15) is 0 Å². The number of rotatable bonds is 4.